The predicted molar refractivity (Wildman–Crippen MR) is 26.1 cm³/mol. The average Bonchev–Trinajstić information content (AvgIpc) is 0.918. The van der Waals surface area contributed by atoms with E-state index in [9.17, 15) is 0 Å². The molecule has 0 aliphatic carbocycles. The summed E-state index contributed by atoms with van der Waals surface area (Å²) < 4.78 is 0. The Hall–Kier alpha value is 1.38. The standard InChI is InChI=1S/C2H7Si.ClH.Hf/c1-3-2;;/h3H,1-2H3;1H;. The van der Waals surface area contributed by atoms with Gasteiger partial charge in [0.25, 0.3) is 0 Å². The fourth-order valence-electron chi connectivity index (χ4n) is 0. The van der Waals surface area contributed by atoms with Gasteiger partial charge in [0.15, 0.2) is 0 Å². The Kier molecular flexibility index (Phi) is 59.0. The Bertz CT molecular complexity index is 9.61. The maximum Gasteiger partial charge on any atom is 0.0213 e. The molecule has 0 nitrogen and oxygen atoms in total. The van der Waals surface area contributed by atoms with Gasteiger partial charge in [-0.15, -0.1) is 12.4 Å². The van der Waals surface area contributed by atoms with Crippen molar-refractivity contribution >= 4 is 21.9 Å². The van der Waals surface area contributed by atoms with Crippen molar-refractivity contribution in [2.45, 2.75) is 13.1 Å². The molecule has 0 unspecified atom stereocenters. The van der Waals surface area contributed by atoms with E-state index in [1.807, 2.05) is 0 Å². The van der Waals surface area contributed by atoms with Crippen LogP contribution in [0.2, 0.25) is 13.1 Å². The summed E-state index contributed by atoms with van der Waals surface area (Å²) in [6.07, 6.45) is 0. The third kappa shape index (κ3) is 32.3. The second-order valence-electron chi connectivity index (χ2n) is 0.577. The summed E-state index contributed by atoms with van der Waals surface area (Å²) in [4.78, 5) is 0. The summed E-state index contributed by atoms with van der Waals surface area (Å²) in [5.74, 6) is 0. The maximum atomic E-state index is 2.21. The monoisotopic (exact) mass is 275 g/mol. The minimum absolute atomic E-state index is 0. The van der Waals surface area contributed by atoms with E-state index < -0.39 is 0 Å². The molecule has 0 fully saturated rings. The molecule has 1 radical (unpaired) electrons. The minimum Gasteiger partial charge on any atom is -0.147 e. The Morgan fingerprint density at radius 2 is 1.20 bits per heavy atom. The van der Waals surface area contributed by atoms with Crippen molar-refractivity contribution in [1.29, 1.82) is 0 Å². The zero-order valence-electron chi connectivity index (χ0n) is 3.49. The molecule has 5 heavy (non-hydrogen) atoms. The molecule has 0 saturated heterocycles. The number of hydrogen-bond donors (Lipinski definition) is 0. The van der Waals surface area contributed by atoms with E-state index in [2.05, 4.69) is 13.1 Å². The molecule has 0 aromatic carbocycles. The largest absolute Gasteiger partial charge is 0.147 e. The Balaban J connectivity index is -0.0000000200. The fraction of sp³-hybridized carbons (Fsp3) is 1.00. The molecule has 0 atom stereocenters. The van der Waals surface area contributed by atoms with E-state index >= 15 is 0 Å². The van der Waals surface area contributed by atoms with Gasteiger partial charge in [-0.1, -0.05) is 13.1 Å². The van der Waals surface area contributed by atoms with Crippen molar-refractivity contribution in [1.82, 2.24) is 0 Å². The molecule has 0 N–H and O–H groups in total. The first kappa shape index (κ1) is 16.2. The Morgan fingerprint density at radius 1 is 1.20 bits per heavy atom. The van der Waals surface area contributed by atoms with Crippen molar-refractivity contribution in [3.05, 3.63) is 0 Å². The van der Waals surface area contributed by atoms with Gasteiger partial charge in [-0.25, -0.2) is 0 Å². The Labute approximate surface area is 60.7 Å². The molecule has 0 saturated carbocycles. The van der Waals surface area contributed by atoms with Crippen LogP contribution in [0.5, 0.6) is 0 Å². The predicted octanol–water partition coefficient (Wildman–Crippen LogP) is 0.938. The fourth-order valence-corrected chi connectivity index (χ4v) is 0. The first-order valence-corrected chi connectivity index (χ1v) is 3.46. The van der Waals surface area contributed by atoms with Crippen molar-refractivity contribution in [3.8, 4) is 0 Å². The molecule has 3 heteroatoms. The summed E-state index contributed by atoms with van der Waals surface area (Å²) in [5.41, 5.74) is 0. The van der Waals surface area contributed by atoms with Crippen LogP contribution >= 0.6 is 12.4 Å². The van der Waals surface area contributed by atoms with Crippen LogP contribution in [0.15, 0.2) is 0 Å². The van der Waals surface area contributed by atoms with Crippen molar-refractivity contribution in [2.24, 2.45) is 0 Å². The summed E-state index contributed by atoms with van der Waals surface area (Å²) in [6, 6.07) is 0. The van der Waals surface area contributed by atoms with E-state index in [1.54, 1.807) is 0 Å². The molecule has 0 heterocycles. The number of halogens is 1. The van der Waals surface area contributed by atoms with Gasteiger partial charge in [0.1, 0.15) is 0 Å². The van der Waals surface area contributed by atoms with E-state index in [-0.39, 0.29) is 38.3 Å². The number of hydrogen-bond acceptors (Lipinski definition) is 0. The zero-order chi connectivity index (χ0) is 2.71. The van der Waals surface area contributed by atoms with Gasteiger partial charge in [0.05, 0.1) is 0 Å². The van der Waals surface area contributed by atoms with Crippen LogP contribution in [0.1, 0.15) is 0 Å². The van der Waals surface area contributed by atoms with E-state index in [4.69, 9.17) is 0 Å². The van der Waals surface area contributed by atoms with Crippen LogP contribution in [-0.2, 0) is 25.8 Å². The van der Waals surface area contributed by atoms with E-state index in [0.717, 1.165) is 9.52 Å². The van der Waals surface area contributed by atoms with Crippen LogP contribution in [0, 0.1) is 0 Å². The number of rotatable bonds is 0. The van der Waals surface area contributed by atoms with Gasteiger partial charge in [-0.2, -0.15) is 0 Å². The van der Waals surface area contributed by atoms with Crippen molar-refractivity contribution in [2.75, 3.05) is 0 Å². The molecule has 31 valence electrons. The molecule has 0 aliphatic rings. The maximum absolute atomic E-state index is 2.21. The van der Waals surface area contributed by atoms with Crippen molar-refractivity contribution < 1.29 is 25.8 Å². The minimum atomic E-state index is 0. The third-order valence-corrected chi connectivity index (χ3v) is 0. The van der Waals surface area contributed by atoms with Crippen LogP contribution < -0.4 is 0 Å². The smallest absolute Gasteiger partial charge is 0.0213 e. The summed E-state index contributed by atoms with van der Waals surface area (Å²) >= 11 is 0. The first-order valence-electron chi connectivity index (χ1n) is 1.15. The molecule has 0 aromatic heterocycles. The Morgan fingerprint density at radius 3 is 1.20 bits per heavy atom. The zero-order valence-corrected chi connectivity index (χ0v) is 9.05. The van der Waals surface area contributed by atoms with Gasteiger partial charge in [0, 0.05) is 35.4 Å². The second-order valence-corrected chi connectivity index (χ2v) is 1.73. The summed E-state index contributed by atoms with van der Waals surface area (Å²) in [7, 11) is 0.750. The quantitative estimate of drug-likeness (QED) is 0.577. The molecular weight excluding hydrogens is 266 g/mol. The van der Waals surface area contributed by atoms with Crippen LogP contribution in [0.3, 0.4) is 0 Å². The second kappa shape index (κ2) is 18.2. The molecule has 0 aromatic rings. The van der Waals surface area contributed by atoms with Crippen LogP contribution in [-0.4, -0.2) is 9.52 Å². The normalized spacial score (nSPS) is 3.60. The van der Waals surface area contributed by atoms with Gasteiger partial charge in [0.2, 0.25) is 0 Å². The summed E-state index contributed by atoms with van der Waals surface area (Å²) in [5, 5.41) is 0. The molecule has 0 amide bonds. The third-order valence-electron chi connectivity index (χ3n) is 0. The van der Waals surface area contributed by atoms with Crippen LogP contribution in [0.25, 0.3) is 0 Å². The van der Waals surface area contributed by atoms with E-state index in [1.165, 1.54) is 0 Å². The first-order chi connectivity index (χ1) is 1.41. The molecule has 0 bridgehead atoms. The van der Waals surface area contributed by atoms with Gasteiger partial charge in [-0.05, 0) is 0 Å². The van der Waals surface area contributed by atoms with Gasteiger partial charge < -0.3 is 0 Å². The molecular formula is C2H8ClHfSi. The SMILES string of the molecule is C[SiH]C.Cl.[Hf]. The van der Waals surface area contributed by atoms with Crippen LogP contribution in [0.4, 0.5) is 0 Å². The topological polar surface area (TPSA) is 0 Å². The van der Waals surface area contributed by atoms with E-state index in [0.29, 0.717) is 0 Å². The molecule has 0 rings (SSSR count). The van der Waals surface area contributed by atoms with Gasteiger partial charge >= 0.3 is 0 Å². The molecule has 0 spiro atoms. The van der Waals surface area contributed by atoms with Gasteiger partial charge in [-0.3, -0.25) is 0 Å². The van der Waals surface area contributed by atoms with Crippen molar-refractivity contribution in [3.63, 3.8) is 0 Å². The average molecular weight is 274 g/mol. The summed E-state index contributed by atoms with van der Waals surface area (Å²) in [6.45, 7) is 4.42. The molecule has 0 aliphatic heterocycles.